The summed E-state index contributed by atoms with van der Waals surface area (Å²) in [6, 6.07) is 31.8. The Bertz CT molecular complexity index is 1350. The van der Waals surface area contributed by atoms with Gasteiger partial charge in [0.15, 0.2) is 0 Å². The van der Waals surface area contributed by atoms with Gasteiger partial charge >= 0.3 is 0 Å². The Hall–Kier alpha value is -3.96. The molecule has 1 aliphatic heterocycles. The highest BCUT2D eigenvalue weighted by molar-refractivity contribution is 5.94. The zero-order valence-electron chi connectivity index (χ0n) is 21.9. The first-order valence-corrected chi connectivity index (χ1v) is 13.3. The zero-order chi connectivity index (χ0) is 26.3. The predicted octanol–water partition coefficient (Wildman–Crippen LogP) is 6.08. The topological polar surface area (TPSA) is 35.6 Å². The molecule has 1 aliphatic rings. The van der Waals surface area contributed by atoms with Crippen molar-refractivity contribution in [1.29, 1.82) is 0 Å². The Labute approximate surface area is 224 Å². The number of hydrogen-bond acceptors (Lipinski definition) is 3. The Morgan fingerprint density at radius 2 is 1.37 bits per heavy atom. The monoisotopic (exact) mass is 507 g/mol. The molecular weight excluding hydrogens is 473 g/mol. The fourth-order valence-electron chi connectivity index (χ4n) is 5.08. The van der Waals surface area contributed by atoms with E-state index in [1.165, 1.54) is 28.9 Å². The maximum absolute atomic E-state index is 13.2. The summed E-state index contributed by atoms with van der Waals surface area (Å²) in [6.07, 6.45) is 1.58. The van der Waals surface area contributed by atoms with E-state index in [0.29, 0.717) is 6.54 Å². The highest BCUT2D eigenvalue weighted by Crippen LogP contribution is 2.24. The van der Waals surface area contributed by atoms with Gasteiger partial charge in [0.05, 0.1) is 6.54 Å². The second-order valence-electron chi connectivity index (χ2n) is 10.1. The molecule has 1 heterocycles. The lowest BCUT2D eigenvalue weighted by Gasteiger charge is -2.35. The van der Waals surface area contributed by atoms with Crippen molar-refractivity contribution >= 4 is 17.3 Å². The van der Waals surface area contributed by atoms with E-state index in [9.17, 15) is 9.18 Å². The van der Waals surface area contributed by atoms with Gasteiger partial charge in [0.1, 0.15) is 5.82 Å². The number of nitrogens with one attached hydrogen (secondary N) is 1. The van der Waals surface area contributed by atoms with Gasteiger partial charge in [-0.1, -0.05) is 72.8 Å². The molecular formula is C33H34FN3O. The number of halogens is 1. The summed E-state index contributed by atoms with van der Waals surface area (Å²) in [4.78, 5) is 17.6. The van der Waals surface area contributed by atoms with Crippen molar-refractivity contribution in [3.8, 4) is 0 Å². The average Bonchev–Trinajstić information content (AvgIpc) is 2.93. The third-order valence-corrected chi connectivity index (χ3v) is 7.22. The SMILES string of the molecule is Cc1cccc(Cc2ccccc2)c1NC(=O)CN1CCN(c2ccc(Cc3ccc(F)cc3)cc2)CC1. The van der Waals surface area contributed by atoms with Gasteiger partial charge in [-0.3, -0.25) is 9.69 Å². The number of carbonyl (C=O) groups is 1. The Morgan fingerprint density at radius 3 is 2.05 bits per heavy atom. The van der Waals surface area contributed by atoms with Crippen LogP contribution in [-0.2, 0) is 17.6 Å². The minimum absolute atomic E-state index is 0.0345. The second kappa shape index (κ2) is 12.1. The van der Waals surface area contributed by atoms with Crippen molar-refractivity contribution in [2.24, 2.45) is 0 Å². The lowest BCUT2D eigenvalue weighted by molar-refractivity contribution is -0.117. The van der Waals surface area contributed by atoms with E-state index in [2.05, 4.69) is 63.6 Å². The van der Waals surface area contributed by atoms with Crippen LogP contribution in [0, 0.1) is 12.7 Å². The number of carbonyl (C=O) groups excluding carboxylic acids is 1. The molecule has 4 nitrogen and oxygen atoms in total. The van der Waals surface area contributed by atoms with Crippen LogP contribution in [0.3, 0.4) is 0 Å². The molecule has 0 aromatic heterocycles. The number of amides is 1. The fraction of sp³-hybridized carbons (Fsp3) is 0.242. The fourth-order valence-corrected chi connectivity index (χ4v) is 5.08. The molecule has 38 heavy (non-hydrogen) atoms. The van der Waals surface area contributed by atoms with Crippen molar-refractivity contribution in [1.82, 2.24) is 4.90 Å². The molecule has 4 aromatic carbocycles. The maximum atomic E-state index is 13.2. The highest BCUT2D eigenvalue weighted by atomic mass is 19.1. The molecule has 5 heteroatoms. The Kier molecular flexibility index (Phi) is 8.15. The molecule has 0 aliphatic carbocycles. The van der Waals surface area contributed by atoms with E-state index >= 15 is 0 Å². The van der Waals surface area contributed by atoms with Crippen LogP contribution >= 0.6 is 0 Å². The smallest absolute Gasteiger partial charge is 0.238 e. The molecule has 0 unspecified atom stereocenters. The van der Waals surface area contributed by atoms with Crippen LogP contribution in [0.2, 0.25) is 0 Å². The molecule has 0 saturated carbocycles. The first-order chi connectivity index (χ1) is 18.5. The summed E-state index contributed by atoms with van der Waals surface area (Å²) in [6.45, 7) is 5.89. The summed E-state index contributed by atoms with van der Waals surface area (Å²) in [5.74, 6) is -0.170. The minimum atomic E-state index is -0.205. The van der Waals surface area contributed by atoms with E-state index in [-0.39, 0.29) is 11.7 Å². The number of piperazine rings is 1. The van der Waals surface area contributed by atoms with Crippen molar-refractivity contribution in [3.05, 3.63) is 131 Å². The summed E-state index contributed by atoms with van der Waals surface area (Å²) in [7, 11) is 0. The van der Waals surface area contributed by atoms with Gasteiger partial charge in [-0.15, -0.1) is 0 Å². The van der Waals surface area contributed by atoms with Gasteiger partial charge in [-0.05, 0) is 71.8 Å². The number of anilines is 2. The summed E-state index contributed by atoms with van der Waals surface area (Å²) in [5.41, 5.74) is 7.88. The highest BCUT2D eigenvalue weighted by Gasteiger charge is 2.20. The molecule has 0 atom stereocenters. The van der Waals surface area contributed by atoms with E-state index in [1.807, 2.05) is 43.3 Å². The largest absolute Gasteiger partial charge is 0.369 e. The van der Waals surface area contributed by atoms with E-state index in [4.69, 9.17) is 0 Å². The molecule has 1 N–H and O–H groups in total. The molecule has 1 saturated heterocycles. The molecule has 1 amide bonds. The maximum Gasteiger partial charge on any atom is 0.238 e. The van der Waals surface area contributed by atoms with E-state index < -0.39 is 0 Å². The predicted molar refractivity (Wildman–Crippen MR) is 153 cm³/mol. The quantitative estimate of drug-likeness (QED) is 0.314. The lowest BCUT2D eigenvalue weighted by atomic mass is 10.0. The zero-order valence-corrected chi connectivity index (χ0v) is 21.9. The second-order valence-corrected chi connectivity index (χ2v) is 10.1. The van der Waals surface area contributed by atoms with Crippen LogP contribution in [0.5, 0.6) is 0 Å². The summed E-state index contributed by atoms with van der Waals surface area (Å²) >= 11 is 0. The number of nitrogens with zero attached hydrogens (tertiary/aromatic N) is 2. The Balaban J connectivity index is 1.13. The van der Waals surface area contributed by atoms with Gasteiger partial charge in [-0.2, -0.15) is 0 Å². The molecule has 5 rings (SSSR count). The van der Waals surface area contributed by atoms with Crippen LogP contribution in [0.25, 0.3) is 0 Å². The molecule has 194 valence electrons. The van der Waals surface area contributed by atoms with Gasteiger partial charge in [0, 0.05) is 37.6 Å². The van der Waals surface area contributed by atoms with Crippen LogP contribution in [0.15, 0.2) is 97.1 Å². The van der Waals surface area contributed by atoms with Gasteiger partial charge in [-0.25, -0.2) is 4.39 Å². The van der Waals surface area contributed by atoms with Gasteiger partial charge < -0.3 is 10.2 Å². The normalized spacial score (nSPS) is 13.9. The molecule has 0 radical (unpaired) electrons. The van der Waals surface area contributed by atoms with Crippen molar-refractivity contribution in [3.63, 3.8) is 0 Å². The third-order valence-electron chi connectivity index (χ3n) is 7.22. The number of aryl methyl sites for hydroxylation is 1. The molecule has 0 bridgehead atoms. The lowest BCUT2D eigenvalue weighted by Crippen LogP contribution is -2.48. The molecule has 0 spiro atoms. The van der Waals surface area contributed by atoms with Crippen LogP contribution in [0.4, 0.5) is 15.8 Å². The minimum Gasteiger partial charge on any atom is -0.369 e. The first-order valence-electron chi connectivity index (χ1n) is 13.3. The van der Waals surface area contributed by atoms with Gasteiger partial charge in [0.2, 0.25) is 5.91 Å². The average molecular weight is 508 g/mol. The third kappa shape index (κ3) is 6.67. The van der Waals surface area contributed by atoms with Gasteiger partial charge in [0.25, 0.3) is 0 Å². The van der Waals surface area contributed by atoms with Crippen molar-refractivity contribution in [2.45, 2.75) is 19.8 Å². The van der Waals surface area contributed by atoms with E-state index in [1.54, 1.807) is 0 Å². The molecule has 1 fully saturated rings. The molecule has 4 aromatic rings. The first kappa shape index (κ1) is 25.7. The van der Waals surface area contributed by atoms with E-state index in [0.717, 1.165) is 61.4 Å². The van der Waals surface area contributed by atoms with Crippen molar-refractivity contribution < 1.29 is 9.18 Å². The number of rotatable bonds is 8. The van der Waals surface area contributed by atoms with Crippen LogP contribution < -0.4 is 10.2 Å². The number of hydrogen-bond donors (Lipinski definition) is 1. The number of benzene rings is 4. The van der Waals surface area contributed by atoms with Crippen LogP contribution in [0.1, 0.15) is 27.8 Å². The van der Waals surface area contributed by atoms with Crippen molar-refractivity contribution in [2.75, 3.05) is 42.9 Å². The van der Waals surface area contributed by atoms with Crippen LogP contribution in [-0.4, -0.2) is 43.5 Å². The number of para-hydroxylation sites is 1. The summed E-state index contributed by atoms with van der Waals surface area (Å²) in [5, 5.41) is 3.20. The Morgan fingerprint density at radius 1 is 0.737 bits per heavy atom. The summed E-state index contributed by atoms with van der Waals surface area (Å²) < 4.78 is 13.2. The standard InChI is InChI=1S/C33H34FN3O/c1-25-6-5-9-29(23-26-7-3-2-4-8-26)33(25)35-32(38)24-36-18-20-37(21-19-36)31-16-12-28(13-17-31)22-27-10-14-30(34)15-11-27/h2-17H,18-24H2,1H3,(H,35,38).